The number of carbonyl (C=O) groups excluding carboxylic acids is 2. The highest BCUT2D eigenvalue weighted by Gasteiger charge is 2.29. The Morgan fingerprint density at radius 1 is 1.03 bits per heavy atom. The first kappa shape index (κ1) is 21.0. The molecule has 1 aliphatic rings. The Kier molecular flexibility index (Phi) is 6.34. The molecule has 0 heterocycles. The molecule has 0 radical (unpaired) electrons. The van der Waals surface area contributed by atoms with E-state index in [-0.39, 0.29) is 29.0 Å². The van der Waals surface area contributed by atoms with Crippen LogP contribution in [0.2, 0.25) is 0 Å². The van der Waals surface area contributed by atoms with Crippen molar-refractivity contribution in [3.8, 4) is 0 Å². The number of hydrogen-bond donors (Lipinski definition) is 3. The minimum atomic E-state index is -3.47. The zero-order chi connectivity index (χ0) is 21.0. The van der Waals surface area contributed by atoms with E-state index in [0.29, 0.717) is 17.8 Å². The van der Waals surface area contributed by atoms with Crippen molar-refractivity contribution in [1.29, 1.82) is 0 Å². The van der Waals surface area contributed by atoms with Crippen LogP contribution in [-0.2, 0) is 26.0 Å². The highest BCUT2D eigenvalue weighted by Crippen LogP contribution is 2.30. The fraction of sp³-hybridized carbons (Fsp3) is 0.333. The van der Waals surface area contributed by atoms with E-state index in [0.717, 1.165) is 24.0 Å². The van der Waals surface area contributed by atoms with Gasteiger partial charge in [-0.3, -0.25) is 9.59 Å². The minimum absolute atomic E-state index is 0.0230. The summed E-state index contributed by atoms with van der Waals surface area (Å²) in [5, 5.41) is 5.77. The zero-order valence-corrected chi connectivity index (χ0v) is 17.3. The predicted molar refractivity (Wildman–Crippen MR) is 112 cm³/mol. The number of aryl methyl sites for hydroxylation is 2. The molecule has 2 aromatic carbocycles. The fourth-order valence-electron chi connectivity index (χ4n) is 2.85. The standard InChI is InChI=1S/C21H25N3O4S/c1-14-3-9-17(23-21(26)16-7-8-16)13-19(14)24-20(25)12-6-15-4-10-18(11-5-15)29(27,28)22-2/h3-5,9-11,13,16,22H,6-8,12H2,1-2H3,(H,23,26)(H,24,25). The predicted octanol–water partition coefficient (Wildman–Crippen LogP) is 2.82. The maximum absolute atomic E-state index is 12.4. The third-order valence-electron chi connectivity index (χ3n) is 4.87. The Morgan fingerprint density at radius 3 is 2.34 bits per heavy atom. The van der Waals surface area contributed by atoms with E-state index in [4.69, 9.17) is 0 Å². The molecule has 0 aliphatic heterocycles. The molecule has 2 amide bonds. The Labute approximate surface area is 171 Å². The molecule has 1 fully saturated rings. The lowest BCUT2D eigenvalue weighted by molar-refractivity contribution is -0.117. The highest BCUT2D eigenvalue weighted by molar-refractivity contribution is 7.89. The van der Waals surface area contributed by atoms with Gasteiger partial charge >= 0.3 is 0 Å². The molecular weight excluding hydrogens is 390 g/mol. The number of amides is 2. The Morgan fingerprint density at radius 2 is 1.72 bits per heavy atom. The van der Waals surface area contributed by atoms with Gasteiger partial charge in [-0.15, -0.1) is 0 Å². The van der Waals surface area contributed by atoms with Gasteiger partial charge < -0.3 is 10.6 Å². The van der Waals surface area contributed by atoms with Crippen molar-refractivity contribution in [2.45, 2.75) is 37.5 Å². The van der Waals surface area contributed by atoms with Crippen LogP contribution in [-0.4, -0.2) is 27.3 Å². The summed E-state index contributed by atoms with van der Waals surface area (Å²) in [5.41, 5.74) is 3.12. The highest BCUT2D eigenvalue weighted by atomic mass is 32.2. The van der Waals surface area contributed by atoms with E-state index in [1.807, 2.05) is 19.1 Å². The van der Waals surface area contributed by atoms with Crippen molar-refractivity contribution in [2.75, 3.05) is 17.7 Å². The second-order valence-corrected chi connectivity index (χ2v) is 9.08. The summed E-state index contributed by atoms with van der Waals surface area (Å²) in [6.45, 7) is 1.89. The first-order chi connectivity index (χ1) is 13.8. The van der Waals surface area contributed by atoms with Crippen molar-refractivity contribution in [1.82, 2.24) is 4.72 Å². The van der Waals surface area contributed by atoms with Gasteiger partial charge in [0.15, 0.2) is 0 Å². The third kappa shape index (κ3) is 5.65. The van der Waals surface area contributed by atoms with E-state index < -0.39 is 10.0 Å². The number of anilines is 2. The summed E-state index contributed by atoms with van der Waals surface area (Å²) in [5.74, 6) is -0.00983. The Bertz CT molecular complexity index is 1010. The maximum Gasteiger partial charge on any atom is 0.240 e. The van der Waals surface area contributed by atoms with Crippen molar-refractivity contribution >= 4 is 33.2 Å². The molecule has 2 aromatic rings. The van der Waals surface area contributed by atoms with Gasteiger partial charge in [0.25, 0.3) is 0 Å². The van der Waals surface area contributed by atoms with Crippen LogP contribution >= 0.6 is 0 Å². The van der Waals surface area contributed by atoms with Crippen molar-refractivity contribution < 1.29 is 18.0 Å². The average Bonchev–Trinajstić information content (AvgIpc) is 3.55. The van der Waals surface area contributed by atoms with Gasteiger partial charge in [-0.05, 0) is 68.6 Å². The largest absolute Gasteiger partial charge is 0.326 e. The molecule has 0 spiro atoms. The monoisotopic (exact) mass is 415 g/mol. The number of hydrogen-bond acceptors (Lipinski definition) is 4. The van der Waals surface area contributed by atoms with Crippen molar-refractivity contribution in [3.63, 3.8) is 0 Å². The summed E-state index contributed by atoms with van der Waals surface area (Å²) in [6.07, 6.45) is 2.62. The average molecular weight is 416 g/mol. The normalized spacial score (nSPS) is 13.7. The fourth-order valence-corrected chi connectivity index (χ4v) is 3.58. The molecule has 29 heavy (non-hydrogen) atoms. The van der Waals surface area contributed by atoms with Crippen LogP contribution in [0, 0.1) is 12.8 Å². The van der Waals surface area contributed by atoms with Crippen LogP contribution < -0.4 is 15.4 Å². The van der Waals surface area contributed by atoms with Gasteiger partial charge in [-0.25, -0.2) is 13.1 Å². The quantitative estimate of drug-likeness (QED) is 0.617. The van der Waals surface area contributed by atoms with Crippen LogP contribution in [0.15, 0.2) is 47.4 Å². The van der Waals surface area contributed by atoms with Gasteiger partial charge in [0.1, 0.15) is 0 Å². The van der Waals surface area contributed by atoms with E-state index in [9.17, 15) is 18.0 Å². The molecule has 3 N–H and O–H groups in total. The smallest absolute Gasteiger partial charge is 0.240 e. The number of benzene rings is 2. The zero-order valence-electron chi connectivity index (χ0n) is 16.5. The van der Waals surface area contributed by atoms with Crippen LogP contribution in [0.25, 0.3) is 0 Å². The molecular formula is C21H25N3O4S. The first-order valence-corrected chi connectivity index (χ1v) is 11.0. The summed E-state index contributed by atoms with van der Waals surface area (Å²) in [7, 11) is -2.10. The topological polar surface area (TPSA) is 104 Å². The van der Waals surface area contributed by atoms with Crippen LogP contribution in [0.5, 0.6) is 0 Å². The second kappa shape index (κ2) is 8.75. The number of rotatable bonds is 8. The minimum Gasteiger partial charge on any atom is -0.326 e. The van der Waals surface area contributed by atoms with Gasteiger partial charge in [0.2, 0.25) is 21.8 Å². The molecule has 0 aromatic heterocycles. The summed E-state index contributed by atoms with van der Waals surface area (Å²) >= 11 is 0. The second-order valence-electron chi connectivity index (χ2n) is 7.19. The number of nitrogens with one attached hydrogen (secondary N) is 3. The number of carbonyl (C=O) groups is 2. The Hall–Kier alpha value is -2.71. The van der Waals surface area contributed by atoms with Gasteiger partial charge in [-0.2, -0.15) is 0 Å². The van der Waals surface area contributed by atoms with Crippen LogP contribution in [0.1, 0.15) is 30.4 Å². The van der Waals surface area contributed by atoms with E-state index in [1.165, 1.54) is 19.2 Å². The van der Waals surface area contributed by atoms with Crippen molar-refractivity contribution in [2.24, 2.45) is 5.92 Å². The molecule has 0 saturated heterocycles. The van der Waals surface area contributed by atoms with E-state index >= 15 is 0 Å². The molecule has 1 saturated carbocycles. The van der Waals surface area contributed by atoms with Gasteiger partial charge in [0, 0.05) is 23.7 Å². The summed E-state index contributed by atoms with van der Waals surface area (Å²) in [4.78, 5) is 24.5. The molecule has 154 valence electrons. The lowest BCUT2D eigenvalue weighted by Crippen LogP contribution is -2.18. The maximum atomic E-state index is 12.4. The summed E-state index contributed by atoms with van der Waals surface area (Å²) < 4.78 is 25.8. The lowest BCUT2D eigenvalue weighted by Gasteiger charge is -2.12. The Balaban J connectivity index is 1.57. The lowest BCUT2D eigenvalue weighted by atomic mass is 10.1. The molecule has 0 unspecified atom stereocenters. The first-order valence-electron chi connectivity index (χ1n) is 9.52. The van der Waals surface area contributed by atoms with E-state index in [2.05, 4.69) is 15.4 Å². The molecule has 7 nitrogen and oxygen atoms in total. The molecule has 3 rings (SSSR count). The molecule has 0 bridgehead atoms. The molecule has 8 heteroatoms. The van der Waals surface area contributed by atoms with Gasteiger partial charge in [-0.1, -0.05) is 18.2 Å². The number of sulfonamides is 1. The van der Waals surface area contributed by atoms with Crippen LogP contribution in [0.3, 0.4) is 0 Å². The third-order valence-corrected chi connectivity index (χ3v) is 6.30. The van der Waals surface area contributed by atoms with E-state index in [1.54, 1.807) is 18.2 Å². The summed E-state index contributed by atoms with van der Waals surface area (Å²) in [6, 6.07) is 11.9. The molecule has 1 aliphatic carbocycles. The SMILES string of the molecule is CNS(=O)(=O)c1ccc(CCC(=O)Nc2cc(NC(=O)C3CC3)ccc2C)cc1. The van der Waals surface area contributed by atoms with Crippen LogP contribution in [0.4, 0.5) is 11.4 Å². The van der Waals surface area contributed by atoms with Gasteiger partial charge in [0.05, 0.1) is 4.90 Å². The van der Waals surface area contributed by atoms with Crippen molar-refractivity contribution in [3.05, 3.63) is 53.6 Å². The molecule has 0 atom stereocenters.